The Balaban J connectivity index is 2.17. The van der Waals surface area contributed by atoms with Crippen molar-refractivity contribution in [2.75, 3.05) is 46.0 Å². The zero-order valence-electron chi connectivity index (χ0n) is 12.2. The van der Waals surface area contributed by atoms with E-state index in [2.05, 4.69) is 11.5 Å². The molecular formula is C13H23N3O3S. The zero-order valence-corrected chi connectivity index (χ0v) is 13.0. The number of carbonyl (C=O) groups excluding carboxylic acids is 1. The summed E-state index contributed by atoms with van der Waals surface area (Å²) in [4.78, 5) is 16.6. The van der Waals surface area contributed by atoms with E-state index >= 15 is 0 Å². The number of sulfonamides is 1. The van der Waals surface area contributed by atoms with Crippen LogP contribution in [-0.2, 0) is 14.8 Å². The van der Waals surface area contributed by atoms with Crippen LogP contribution in [0.15, 0.2) is 12.7 Å². The van der Waals surface area contributed by atoms with Gasteiger partial charge in [0.2, 0.25) is 15.9 Å². The SMILES string of the molecule is C=CCN1CCN(C)C2(CCN(S(C)(=O)=O)CC2)C1=O. The van der Waals surface area contributed by atoms with Crippen LogP contribution in [0.5, 0.6) is 0 Å². The number of hydrogen-bond donors (Lipinski definition) is 0. The van der Waals surface area contributed by atoms with Crippen LogP contribution in [-0.4, -0.2) is 80.0 Å². The van der Waals surface area contributed by atoms with Gasteiger partial charge in [0.15, 0.2) is 0 Å². The van der Waals surface area contributed by atoms with E-state index < -0.39 is 15.6 Å². The molecule has 7 heteroatoms. The number of amides is 1. The Kier molecular flexibility index (Phi) is 4.22. The molecule has 2 heterocycles. The predicted molar refractivity (Wildman–Crippen MR) is 77.8 cm³/mol. The minimum Gasteiger partial charge on any atom is -0.336 e. The molecule has 20 heavy (non-hydrogen) atoms. The lowest BCUT2D eigenvalue weighted by Crippen LogP contribution is -2.67. The van der Waals surface area contributed by atoms with Gasteiger partial charge in [0.1, 0.15) is 5.54 Å². The summed E-state index contributed by atoms with van der Waals surface area (Å²) >= 11 is 0. The van der Waals surface area contributed by atoms with Gasteiger partial charge >= 0.3 is 0 Å². The van der Waals surface area contributed by atoms with E-state index in [1.54, 1.807) is 6.08 Å². The third-order valence-electron chi connectivity index (χ3n) is 4.49. The quantitative estimate of drug-likeness (QED) is 0.674. The van der Waals surface area contributed by atoms with E-state index in [4.69, 9.17) is 0 Å². The normalized spacial score (nSPS) is 25.1. The van der Waals surface area contributed by atoms with Crippen LogP contribution in [0.3, 0.4) is 0 Å². The molecule has 2 aliphatic heterocycles. The first-order chi connectivity index (χ1) is 9.31. The monoisotopic (exact) mass is 301 g/mol. The summed E-state index contributed by atoms with van der Waals surface area (Å²) in [7, 11) is -1.21. The van der Waals surface area contributed by atoms with Crippen molar-refractivity contribution in [1.82, 2.24) is 14.1 Å². The minimum absolute atomic E-state index is 0.110. The summed E-state index contributed by atoms with van der Waals surface area (Å²) in [6.07, 6.45) is 4.08. The highest BCUT2D eigenvalue weighted by Gasteiger charge is 2.49. The Bertz CT molecular complexity index is 495. The Morgan fingerprint density at radius 3 is 2.35 bits per heavy atom. The van der Waals surface area contributed by atoms with Crippen molar-refractivity contribution in [3.63, 3.8) is 0 Å². The van der Waals surface area contributed by atoms with Gasteiger partial charge in [-0.2, -0.15) is 0 Å². The maximum absolute atomic E-state index is 12.7. The average Bonchev–Trinajstić information content (AvgIpc) is 2.40. The zero-order chi connectivity index (χ0) is 15.0. The molecule has 2 saturated heterocycles. The lowest BCUT2D eigenvalue weighted by atomic mass is 9.83. The molecule has 1 amide bonds. The number of likely N-dealkylation sites (N-methyl/N-ethyl adjacent to an activating group) is 1. The fraction of sp³-hybridized carbons (Fsp3) is 0.769. The molecule has 114 valence electrons. The van der Waals surface area contributed by atoms with E-state index in [0.717, 1.165) is 6.54 Å². The van der Waals surface area contributed by atoms with Gasteiger partial charge in [-0.1, -0.05) is 6.08 Å². The molecule has 0 bridgehead atoms. The first kappa shape index (κ1) is 15.5. The molecule has 0 saturated carbocycles. The molecule has 0 atom stereocenters. The number of nitrogens with zero attached hydrogens (tertiary/aromatic N) is 3. The van der Waals surface area contributed by atoms with Crippen LogP contribution in [0, 0.1) is 0 Å². The highest BCUT2D eigenvalue weighted by Crippen LogP contribution is 2.33. The Morgan fingerprint density at radius 1 is 1.25 bits per heavy atom. The van der Waals surface area contributed by atoms with Gasteiger partial charge in [0.05, 0.1) is 6.26 Å². The van der Waals surface area contributed by atoms with Crippen molar-refractivity contribution in [3.8, 4) is 0 Å². The van der Waals surface area contributed by atoms with Crippen molar-refractivity contribution in [3.05, 3.63) is 12.7 Å². The fourth-order valence-electron chi connectivity index (χ4n) is 3.16. The van der Waals surface area contributed by atoms with Crippen molar-refractivity contribution in [2.45, 2.75) is 18.4 Å². The first-order valence-electron chi connectivity index (χ1n) is 6.88. The number of piperazine rings is 1. The summed E-state index contributed by atoms with van der Waals surface area (Å²) in [5.74, 6) is 0.110. The molecule has 0 unspecified atom stereocenters. The largest absolute Gasteiger partial charge is 0.336 e. The van der Waals surface area contributed by atoms with E-state index in [1.807, 2.05) is 11.9 Å². The molecule has 0 aliphatic carbocycles. The van der Waals surface area contributed by atoms with E-state index in [1.165, 1.54) is 10.6 Å². The highest BCUT2D eigenvalue weighted by molar-refractivity contribution is 7.88. The van der Waals surface area contributed by atoms with Gasteiger partial charge in [-0.3, -0.25) is 9.69 Å². The fourth-order valence-corrected chi connectivity index (χ4v) is 4.00. The summed E-state index contributed by atoms with van der Waals surface area (Å²) in [6, 6.07) is 0. The topological polar surface area (TPSA) is 60.9 Å². The third kappa shape index (κ3) is 2.62. The Morgan fingerprint density at radius 2 is 1.85 bits per heavy atom. The summed E-state index contributed by atoms with van der Waals surface area (Å²) in [5, 5.41) is 0. The Labute approximate surface area is 121 Å². The van der Waals surface area contributed by atoms with Crippen LogP contribution in [0.2, 0.25) is 0 Å². The Hall–Kier alpha value is -0.920. The van der Waals surface area contributed by atoms with E-state index in [-0.39, 0.29) is 5.91 Å². The third-order valence-corrected chi connectivity index (χ3v) is 5.79. The van der Waals surface area contributed by atoms with Crippen molar-refractivity contribution < 1.29 is 13.2 Å². The van der Waals surface area contributed by atoms with Crippen molar-refractivity contribution in [1.29, 1.82) is 0 Å². The molecule has 0 aromatic rings. The van der Waals surface area contributed by atoms with Crippen LogP contribution < -0.4 is 0 Å². The van der Waals surface area contributed by atoms with Gasteiger partial charge in [0, 0.05) is 32.7 Å². The van der Waals surface area contributed by atoms with E-state index in [9.17, 15) is 13.2 Å². The van der Waals surface area contributed by atoms with Crippen LogP contribution >= 0.6 is 0 Å². The van der Waals surface area contributed by atoms with Gasteiger partial charge < -0.3 is 4.90 Å². The van der Waals surface area contributed by atoms with Gasteiger partial charge in [0.25, 0.3) is 0 Å². The summed E-state index contributed by atoms with van der Waals surface area (Å²) in [6.45, 7) is 6.60. The number of piperidine rings is 1. The second-order valence-electron chi connectivity index (χ2n) is 5.66. The molecule has 1 spiro atoms. The lowest BCUT2D eigenvalue weighted by molar-refractivity contribution is -0.152. The highest BCUT2D eigenvalue weighted by atomic mass is 32.2. The predicted octanol–water partition coefficient (Wildman–Crippen LogP) is -0.259. The van der Waals surface area contributed by atoms with Gasteiger partial charge in [-0.15, -0.1) is 6.58 Å². The van der Waals surface area contributed by atoms with Crippen LogP contribution in [0.4, 0.5) is 0 Å². The molecule has 2 aliphatic rings. The second kappa shape index (κ2) is 5.46. The van der Waals surface area contributed by atoms with Crippen LogP contribution in [0.1, 0.15) is 12.8 Å². The summed E-state index contributed by atoms with van der Waals surface area (Å²) in [5.41, 5.74) is -0.539. The van der Waals surface area contributed by atoms with Gasteiger partial charge in [-0.25, -0.2) is 12.7 Å². The average molecular weight is 301 g/mol. The van der Waals surface area contributed by atoms with Crippen LogP contribution in [0.25, 0.3) is 0 Å². The lowest BCUT2D eigenvalue weighted by Gasteiger charge is -2.51. The maximum Gasteiger partial charge on any atom is 0.243 e. The minimum atomic E-state index is -3.17. The number of carbonyl (C=O) groups is 1. The van der Waals surface area contributed by atoms with Crippen molar-refractivity contribution >= 4 is 15.9 Å². The molecule has 2 fully saturated rings. The standard InChI is InChI=1S/C13H23N3O3S/c1-4-7-15-11-10-14(2)13(12(15)17)5-8-16(9-6-13)20(3,18)19/h4H,1,5-11H2,2-3H3. The molecule has 0 N–H and O–H groups in total. The molecular weight excluding hydrogens is 278 g/mol. The molecule has 0 aromatic carbocycles. The smallest absolute Gasteiger partial charge is 0.243 e. The summed E-state index contributed by atoms with van der Waals surface area (Å²) < 4.78 is 24.6. The molecule has 0 aromatic heterocycles. The molecule has 2 rings (SSSR count). The van der Waals surface area contributed by atoms with E-state index in [0.29, 0.717) is 39.0 Å². The first-order valence-corrected chi connectivity index (χ1v) is 8.73. The maximum atomic E-state index is 12.7. The molecule has 6 nitrogen and oxygen atoms in total. The van der Waals surface area contributed by atoms with Gasteiger partial charge in [-0.05, 0) is 19.9 Å². The molecule has 0 radical (unpaired) electrons. The number of hydrogen-bond acceptors (Lipinski definition) is 4. The van der Waals surface area contributed by atoms with Crippen molar-refractivity contribution in [2.24, 2.45) is 0 Å². The number of rotatable bonds is 3. The second-order valence-corrected chi connectivity index (χ2v) is 7.64.